The van der Waals surface area contributed by atoms with Gasteiger partial charge in [-0.15, -0.1) is 0 Å². The Kier molecular flexibility index (Phi) is 6.24. The number of methoxy groups -OCH3 is 3. The van der Waals surface area contributed by atoms with Gasteiger partial charge in [0.1, 0.15) is 11.8 Å². The van der Waals surface area contributed by atoms with Crippen molar-refractivity contribution in [3.05, 3.63) is 47.9 Å². The summed E-state index contributed by atoms with van der Waals surface area (Å²) in [5.41, 5.74) is 8.40. The molecule has 164 valence electrons. The van der Waals surface area contributed by atoms with Gasteiger partial charge in [-0.3, -0.25) is 0 Å². The second-order valence-corrected chi connectivity index (χ2v) is 7.00. The van der Waals surface area contributed by atoms with Crippen LogP contribution in [0.5, 0.6) is 23.0 Å². The molecule has 0 spiro atoms. The first-order valence-corrected chi connectivity index (χ1v) is 10.0. The van der Waals surface area contributed by atoms with Crippen LogP contribution in [0.4, 0.5) is 0 Å². The number of hydrogen-bond acceptors (Lipinski definition) is 9. The lowest BCUT2D eigenvalue weighted by atomic mass is 10.0. The Morgan fingerprint density at radius 1 is 0.968 bits per heavy atom. The molecule has 0 aliphatic carbocycles. The van der Waals surface area contributed by atoms with E-state index in [2.05, 4.69) is 33.1 Å². The van der Waals surface area contributed by atoms with E-state index in [1.54, 1.807) is 33.5 Å². The average molecular weight is 426 g/mol. The van der Waals surface area contributed by atoms with Crippen molar-refractivity contribution in [3.63, 3.8) is 0 Å². The van der Waals surface area contributed by atoms with Gasteiger partial charge in [0.2, 0.25) is 17.5 Å². The molecule has 0 amide bonds. The topological polar surface area (TPSA) is 99.9 Å². The molecule has 1 saturated heterocycles. The molecule has 31 heavy (non-hydrogen) atoms. The molecule has 1 aliphatic heterocycles. The highest BCUT2D eigenvalue weighted by Gasteiger charge is 2.30. The van der Waals surface area contributed by atoms with Crippen molar-refractivity contribution in [2.45, 2.75) is 25.4 Å². The molecule has 0 bridgehead atoms. The van der Waals surface area contributed by atoms with Gasteiger partial charge in [-0.25, -0.2) is 10.9 Å². The summed E-state index contributed by atoms with van der Waals surface area (Å²) in [4.78, 5) is 4.58. The van der Waals surface area contributed by atoms with Crippen molar-refractivity contribution < 1.29 is 23.5 Å². The second-order valence-electron chi connectivity index (χ2n) is 7.00. The fourth-order valence-corrected chi connectivity index (χ4v) is 3.60. The molecule has 2 aromatic carbocycles. The number of benzene rings is 2. The van der Waals surface area contributed by atoms with Crippen molar-refractivity contribution in [3.8, 4) is 34.4 Å². The zero-order chi connectivity index (χ0) is 21.8. The van der Waals surface area contributed by atoms with Crippen LogP contribution in [0.2, 0.25) is 0 Å². The third-order valence-corrected chi connectivity index (χ3v) is 5.16. The van der Waals surface area contributed by atoms with Crippen molar-refractivity contribution in [1.82, 2.24) is 21.0 Å². The van der Waals surface area contributed by atoms with E-state index in [1.807, 2.05) is 19.1 Å². The Labute approximate surface area is 180 Å². The molecule has 3 aromatic rings. The van der Waals surface area contributed by atoms with Crippen LogP contribution in [0.25, 0.3) is 11.4 Å². The van der Waals surface area contributed by atoms with Gasteiger partial charge in [0.05, 0.1) is 27.9 Å². The number of nitrogens with zero attached hydrogens (tertiary/aromatic N) is 2. The van der Waals surface area contributed by atoms with Gasteiger partial charge in [-0.2, -0.15) is 4.98 Å². The first-order chi connectivity index (χ1) is 15.2. The molecular weight excluding hydrogens is 400 g/mol. The predicted octanol–water partition coefficient (Wildman–Crippen LogP) is 3.44. The van der Waals surface area contributed by atoms with Crippen molar-refractivity contribution in [2.24, 2.45) is 0 Å². The number of ether oxygens (including phenoxy) is 4. The van der Waals surface area contributed by atoms with Gasteiger partial charge < -0.3 is 23.5 Å². The fourth-order valence-electron chi connectivity index (χ4n) is 3.60. The summed E-state index contributed by atoms with van der Waals surface area (Å²) < 4.78 is 27.2. The van der Waals surface area contributed by atoms with Crippen LogP contribution in [0.1, 0.15) is 36.9 Å². The Bertz CT molecular complexity index is 996. The van der Waals surface area contributed by atoms with E-state index in [-0.39, 0.29) is 12.1 Å². The second kappa shape index (κ2) is 9.23. The van der Waals surface area contributed by atoms with Crippen LogP contribution in [0.15, 0.2) is 40.9 Å². The molecule has 0 saturated carbocycles. The Balaban J connectivity index is 1.51. The number of aromatic nitrogens is 2. The standard InChI is InChI=1S/C22H26N4O5/c1-5-30-15-8-6-13(7-9-15)16-12-17(25-24-16)22-23-21(26-31-22)14-10-18(27-2)20(29-4)19(11-14)28-3/h6-11,16-17,24-25H,5,12H2,1-4H3. The lowest BCUT2D eigenvalue weighted by molar-refractivity contribution is 0.324. The monoisotopic (exact) mass is 426 g/mol. The number of nitrogens with one attached hydrogen (secondary N) is 2. The maximum atomic E-state index is 5.55. The minimum Gasteiger partial charge on any atom is -0.494 e. The van der Waals surface area contributed by atoms with Crippen LogP contribution < -0.4 is 29.8 Å². The molecule has 2 unspecified atom stereocenters. The van der Waals surface area contributed by atoms with E-state index < -0.39 is 0 Å². The molecular formula is C22H26N4O5. The largest absolute Gasteiger partial charge is 0.494 e. The zero-order valence-corrected chi connectivity index (χ0v) is 18.0. The normalized spacial score (nSPS) is 18.1. The van der Waals surface area contributed by atoms with Gasteiger partial charge >= 0.3 is 0 Å². The molecule has 1 aromatic heterocycles. The summed E-state index contributed by atoms with van der Waals surface area (Å²) in [6.07, 6.45) is 0.769. The summed E-state index contributed by atoms with van der Waals surface area (Å²) in [7, 11) is 4.70. The van der Waals surface area contributed by atoms with Gasteiger partial charge in [0, 0.05) is 11.6 Å². The summed E-state index contributed by atoms with van der Waals surface area (Å²) >= 11 is 0. The van der Waals surface area contributed by atoms with Gasteiger partial charge in [-0.1, -0.05) is 17.3 Å². The van der Waals surface area contributed by atoms with Crippen molar-refractivity contribution >= 4 is 0 Å². The van der Waals surface area contributed by atoms with Crippen molar-refractivity contribution in [1.29, 1.82) is 0 Å². The minimum absolute atomic E-state index is 0.111. The molecule has 9 heteroatoms. The van der Waals surface area contributed by atoms with E-state index in [0.29, 0.717) is 41.1 Å². The smallest absolute Gasteiger partial charge is 0.245 e. The third kappa shape index (κ3) is 4.28. The quantitative estimate of drug-likeness (QED) is 0.561. The zero-order valence-electron chi connectivity index (χ0n) is 18.0. The third-order valence-electron chi connectivity index (χ3n) is 5.16. The van der Waals surface area contributed by atoms with E-state index in [0.717, 1.165) is 17.7 Å². The van der Waals surface area contributed by atoms with E-state index in [4.69, 9.17) is 23.5 Å². The molecule has 1 aliphatic rings. The maximum absolute atomic E-state index is 5.55. The molecule has 9 nitrogen and oxygen atoms in total. The van der Waals surface area contributed by atoms with Crippen LogP contribution in [-0.4, -0.2) is 38.1 Å². The lowest BCUT2D eigenvalue weighted by Gasteiger charge is -2.12. The molecule has 2 heterocycles. The SMILES string of the molecule is CCOc1ccc(C2CC(c3nc(-c4cc(OC)c(OC)c(OC)c4)no3)NN2)cc1. The minimum atomic E-state index is -0.111. The summed E-state index contributed by atoms with van der Waals surface area (Å²) in [5.74, 6) is 3.38. The Hall–Kier alpha value is -3.30. The average Bonchev–Trinajstić information content (AvgIpc) is 3.49. The van der Waals surface area contributed by atoms with Crippen LogP contribution in [-0.2, 0) is 0 Å². The first-order valence-electron chi connectivity index (χ1n) is 10.0. The van der Waals surface area contributed by atoms with E-state index in [9.17, 15) is 0 Å². The summed E-state index contributed by atoms with van der Waals surface area (Å²) in [6, 6.07) is 11.7. The van der Waals surface area contributed by atoms with Gasteiger partial charge in [-0.05, 0) is 43.2 Å². The highest BCUT2D eigenvalue weighted by molar-refractivity contribution is 5.66. The van der Waals surface area contributed by atoms with Crippen LogP contribution >= 0.6 is 0 Å². The number of hydrazine groups is 1. The molecule has 4 rings (SSSR count). The van der Waals surface area contributed by atoms with E-state index in [1.165, 1.54) is 0 Å². The maximum Gasteiger partial charge on any atom is 0.245 e. The highest BCUT2D eigenvalue weighted by Crippen LogP contribution is 2.41. The first kappa shape index (κ1) is 21.0. The summed E-state index contributed by atoms with van der Waals surface area (Å²) in [5, 5.41) is 4.14. The molecule has 0 radical (unpaired) electrons. The van der Waals surface area contributed by atoms with E-state index >= 15 is 0 Å². The lowest BCUT2D eigenvalue weighted by Crippen LogP contribution is -2.26. The van der Waals surface area contributed by atoms with Crippen LogP contribution in [0.3, 0.4) is 0 Å². The predicted molar refractivity (Wildman–Crippen MR) is 113 cm³/mol. The van der Waals surface area contributed by atoms with Crippen molar-refractivity contribution in [2.75, 3.05) is 27.9 Å². The number of hydrogen-bond donors (Lipinski definition) is 2. The Morgan fingerprint density at radius 3 is 2.26 bits per heavy atom. The molecule has 1 fully saturated rings. The highest BCUT2D eigenvalue weighted by atomic mass is 16.5. The number of rotatable bonds is 8. The Morgan fingerprint density at radius 2 is 1.65 bits per heavy atom. The van der Waals surface area contributed by atoms with Gasteiger partial charge in [0.25, 0.3) is 0 Å². The molecule has 2 atom stereocenters. The molecule has 2 N–H and O–H groups in total. The fraction of sp³-hybridized carbons (Fsp3) is 0.364. The van der Waals surface area contributed by atoms with Gasteiger partial charge in [0.15, 0.2) is 11.5 Å². The summed E-state index contributed by atoms with van der Waals surface area (Å²) in [6.45, 7) is 2.62. The van der Waals surface area contributed by atoms with Crippen LogP contribution in [0, 0.1) is 0 Å².